The first-order chi connectivity index (χ1) is 7.68. The minimum atomic E-state index is -0.260. The first-order valence-electron chi connectivity index (χ1n) is 5.64. The van der Waals surface area contributed by atoms with Crippen LogP contribution in [0.2, 0.25) is 0 Å². The molecule has 0 saturated heterocycles. The molecule has 0 bridgehead atoms. The van der Waals surface area contributed by atoms with Crippen LogP contribution in [0, 0.1) is 11.8 Å². The molecule has 0 fully saturated rings. The summed E-state index contributed by atoms with van der Waals surface area (Å²) in [5.74, 6) is 6.14. The molecule has 2 heteroatoms. The van der Waals surface area contributed by atoms with Gasteiger partial charge in [0.1, 0.15) is 0 Å². The van der Waals surface area contributed by atoms with Gasteiger partial charge in [-0.05, 0) is 32.4 Å². The van der Waals surface area contributed by atoms with Gasteiger partial charge in [0.05, 0.1) is 12.6 Å². The van der Waals surface area contributed by atoms with E-state index in [1.807, 2.05) is 30.3 Å². The van der Waals surface area contributed by atoms with Crippen LogP contribution in [-0.2, 0) is 0 Å². The van der Waals surface area contributed by atoms with Crippen molar-refractivity contribution < 1.29 is 5.11 Å². The van der Waals surface area contributed by atoms with Crippen molar-refractivity contribution in [3.63, 3.8) is 0 Å². The van der Waals surface area contributed by atoms with Gasteiger partial charge in [0, 0.05) is 11.6 Å². The van der Waals surface area contributed by atoms with Gasteiger partial charge < -0.3 is 10.4 Å². The summed E-state index contributed by atoms with van der Waals surface area (Å²) in [7, 11) is 0. The lowest BCUT2D eigenvalue weighted by Gasteiger charge is -2.12. The highest BCUT2D eigenvalue weighted by Gasteiger charge is 2.03. The summed E-state index contributed by atoms with van der Waals surface area (Å²) in [5, 5.41) is 12.4. The van der Waals surface area contributed by atoms with E-state index >= 15 is 0 Å². The van der Waals surface area contributed by atoms with Crippen molar-refractivity contribution in [3.8, 4) is 11.8 Å². The Hall–Kier alpha value is -1.30. The molecule has 2 nitrogen and oxygen atoms in total. The van der Waals surface area contributed by atoms with Gasteiger partial charge >= 0.3 is 0 Å². The zero-order valence-corrected chi connectivity index (χ0v) is 9.90. The number of aliphatic hydroxyl groups is 1. The molecule has 86 valence electrons. The van der Waals surface area contributed by atoms with E-state index < -0.39 is 0 Å². The largest absolute Gasteiger partial charge is 0.393 e. The molecule has 0 aliphatic rings. The first kappa shape index (κ1) is 12.8. The Labute approximate surface area is 97.7 Å². The fourth-order valence-corrected chi connectivity index (χ4v) is 1.49. The predicted octanol–water partition coefficient (Wildman–Crippen LogP) is 1.79. The van der Waals surface area contributed by atoms with E-state index in [0.717, 1.165) is 12.0 Å². The number of hydrogen-bond donors (Lipinski definition) is 2. The van der Waals surface area contributed by atoms with Gasteiger partial charge in [-0.2, -0.15) is 0 Å². The number of benzene rings is 1. The molecule has 0 aliphatic heterocycles. The van der Waals surface area contributed by atoms with Crippen molar-refractivity contribution in [1.29, 1.82) is 0 Å². The lowest BCUT2D eigenvalue weighted by atomic mass is 10.1. The molecule has 0 aromatic heterocycles. The van der Waals surface area contributed by atoms with E-state index in [-0.39, 0.29) is 6.10 Å². The molecule has 0 radical (unpaired) electrons. The van der Waals surface area contributed by atoms with E-state index in [1.54, 1.807) is 6.92 Å². The van der Waals surface area contributed by atoms with Crippen molar-refractivity contribution in [3.05, 3.63) is 35.9 Å². The summed E-state index contributed by atoms with van der Waals surface area (Å²) in [4.78, 5) is 0. The van der Waals surface area contributed by atoms with Gasteiger partial charge in [-0.15, -0.1) is 0 Å². The molecular formula is C14H19NO. The highest BCUT2D eigenvalue weighted by atomic mass is 16.3. The quantitative estimate of drug-likeness (QED) is 0.754. The van der Waals surface area contributed by atoms with Crippen LogP contribution in [0.5, 0.6) is 0 Å². The first-order valence-corrected chi connectivity index (χ1v) is 5.64. The van der Waals surface area contributed by atoms with E-state index in [0.29, 0.717) is 12.6 Å². The molecule has 1 rings (SSSR count). The lowest BCUT2D eigenvalue weighted by molar-refractivity contribution is 0.171. The maximum absolute atomic E-state index is 9.18. The summed E-state index contributed by atoms with van der Waals surface area (Å²) < 4.78 is 0. The van der Waals surface area contributed by atoms with Gasteiger partial charge in [0.2, 0.25) is 0 Å². The second-order valence-electron chi connectivity index (χ2n) is 4.03. The molecule has 1 aromatic rings. The third-order valence-electron chi connectivity index (χ3n) is 2.24. The molecule has 0 amide bonds. The topological polar surface area (TPSA) is 32.3 Å². The predicted molar refractivity (Wildman–Crippen MR) is 67.1 cm³/mol. The Bertz CT molecular complexity index is 348. The van der Waals surface area contributed by atoms with Crippen molar-refractivity contribution in [2.24, 2.45) is 0 Å². The number of nitrogens with one attached hydrogen (secondary N) is 1. The molecule has 0 heterocycles. The second kappa shape index (κ2) is 7.05. The van der Waals surface area contributed by atoms with E-state index in [1.165, 1.54) is 0 Å². The highest BCUT2D eigenvalue weighted by molar-refractivity contribution is 5.33. The zero-order chi connectivity index (χ0) is 11.8. The molecule has 16 heavy (non-hydrogen) atoms. The summed E-state index contributed by atoms with van der Waals surface area (Å²) in [6, 6.07) is 10.2. The van der Waals surface area contributed by atoms with E-state index in [4.69, 9.17) is 0 Å². The van der Waals surface area contributed by atoms with E-state index in [9.17, 15) is 5.11 Å². The van der Waals surface area contributed by atoms with Crippen LogP contribution >= 0.6 is 0 Å². The summed E-state index contributed by atoms with van der Waals surface area (Å²) in [6.07, 6.45) is 0.497. The van der Waals surface area contributed by atoms with Gasteiger partial charge in [0.15, 0.2) is 0 Å². The smallest absolute Gasteiger partial charge is 0.0582 e. The maximum Gasteiger partial charge on any atom is 0.0582 e. The second-order valence-corrected chi connectivity index (χ2v) is 4.03. The molecule has 2 unspecified atom stereocenters. The van der Waals surface area contributed by atoms with Gasteiger partial charge in [0.25, 0.3) is 0 Å². The van der Waals surface area contributed by atoms with Crippen molar-refractivity contribution in [1.82, 2.24) is 5.32 Å². The SMILES string of the molecule is CC(O)CC(C)NCC#Cc1ccccc1. The third kappa shape index (κ3) is 5.55. The van der Waals surface area contributed by atoms with Gasteiger partial charge in [-0.1, -0.05) is 30.0 Å². The molecule has 2 N–H and O–H groups in total. The Morgan fingerprint density at radius 1 is 1.25 bits per heavy atom. The Morgan fingerprint density at radius 2 is 1.94 bits per heavy atom. The fourth-order valence-electron chi connectivity index (χ4n) is 1.49. The van der Waals surface area contributed by atoms with Gasteiger partial charge in [-0.3, -0.25) is 0 Å². The van der Waals surface area contributed by atoms with Gasteiger partial charge in [-0.25, -0.2) is 0 Å². The average Bonchev–Trinajstić information content (AvgIpc) is 2.25. The summed E-state index contributed by atoms with van der Waals surface area (Å²) >= 11 is 0. The number of hydrogen-bond acceptors (Lipinski definition) is 2. The maximum atomic E-state index is 9.18. The Kier molecular flexibility index (Phi) is 5.63. The van der Waals surface area contributed by atoms with Crippen molar-refractivity contribution in [2.75, 3.05) is 6.54 Å². The molecule has 0 saturated carbocycles. The lowest BCUT2D eigenvalue weighted by Crippen LogP contribution is -2.29. The minimum Gasteiger partial charge on any atom is -0.393 e. The van der Waals surface area contributed by atoms with Crippen molar-refractivity contribution in [2.45, 2.75) is 32.4 Å². The summed E-state index contributed by atoms with van der Waals surface area (Å²) in [5.41, 5.74) is 1.03. The monoisotopic (exact) mass is 217 g/mol. The molecule has 1 aromatic carbocycles. The average molecular weight is 217 g/mol. The normalized spacial score (nSPS) is 13.7. The van der Waals surface area contributed by atoms with Crippen molar-refractivity contribution >= 4 is 0 Å². The number of aliphatic hydroxyl groups excluding tert-OH is 1. The highest BCUT2D eigenvalue weighted by Crippen LogP contribution is 1.96. The van der Waals surface area contributed by atoms with Crippen LogP contribution in [0.15, 0.2) is 30.3 Å². The fraction of sp³-hybridized carbons (Fsp3) is 0.429. The zero-order valence-electron chi connectivity index (χ0n) is 9.90. The standard InChI is InChI=1S/C14H19NO/c1-12(11-13(2)16)15-10-6-9-14-7-4-3-5-8-14/h3-5,7-8,12-13,15-16H,10-11H2,1-2H3. The molecule has 2 atom stereocenters. The summed E-state index contributed by atoms with van der Waals surface area (Å²) in [6.45, 7) is 4.51. The van der Waals surface area contributed by atoms with E-state index in [2.05, 4.69) is 24.1 Å². The number of rotatable bonds is 4. The van der Waals surface area contributed by atoms with Crippen LogP contribution in [0.1, 0.15) is 25.8 Å². The third-order valence-corrected chi connectivity index (χ3v) is 2.24. The molecule has 0 aliphatic carbocycles. The van der Waals surface area contributed by atoms with Crippen LogP contribution in [0.25, 0.3) is 0 Å². The van der Waals surface area contributed by atoms with Crippen LogP contribution in [0.3, 0.4) is 0 Å². The molecular weight excluding hydrogens is 198 g/mol. The van der Waals surface area contributed by atoms with Crippen LogP contribution < -0.4 is 5.32 Å². The van der Waals surface area contributed by atoms with Crippen LogP contribution in [-0.4, -0.2) is 23.8 Å². The molecule has 0 spiro atoms. The minimum absolute atomic E-state index is 0.260. The van der Waals surface area contributed by atoms with Crippen LogP contribution in [0.4, 0.5) is 0 Å². The Balaban J connectivity index is 2.28. The Morgan fingerprint density at radius 3 is 2.56 bits per heavy atom.